The third-order valence-corrected chi connectivity index (χ3v) is 2.41. The number of anilines is 1. The van der Waals surface area contributed by atoms with Crippen molar-refractivity contribution in [3.05, 3.63) is 24.3 Å². The van der Waals surface area contributed by atoms with Crippen molar-refractivity contribution in [2.24, 2.45) is 0 Å². The molecular formula is C10H13NO6S. The number of nitrogens with two attached hydrogens (primary N) is 1. The molecule has 0 aromatic heterocycles. The zero-order valence-electron chi connectivity index (χ0n) is 9.53. The van der Waals surface area contributed by atoms with Gasteiger partial charge < -0.3 is 10.8 Å². The van der Waals surface area contributed by atoms with Crippen molar-refractivity contribution >= 4 is 27.6 Å². The molecule has 0 aliphatic carbocycles. The van der Waals surface area contributed by atoms with Crippen LogP contribution in [0.5, 0.6) is 0 Å². The van der Waals surface area contributed by atoms with E-state index in [4.69, 9.17) is 15.4 Å². The Morgan fingerprint density at radius 1 is 1.33 bits per heavy atom. The molecule has 0 fully saturated rings. The van der Waals surface area contributed by atoms with E-state index in [0.717, 1.165) is 0 Å². The number of hydrogen-bond acceptors (Lipinski definition) is 5. The number of hydrogen-bond donors (Lipinski definition) is 3. The second-order valence-electron chi connectivity index (χ2n) is 3.32. The molecular weight excluding hydrogens is 262 g/mol. The van der Waals surface area contributed by atoms with Crippen molar-refractivity contribution in [1.82, 2.24) is 0 Å². The molecule has 0 atom stereocenters. The van der Waals surface area contributed by atoms with Crippen LogP contribution in [0, 0.1) is 0 Å². The minimum absolute atomic E-state index is 0.183. The van der Waals surface area contributed by atoms with Gasteiger partial charge in [-0.15, -0.1) is 0 Å². The Morgan fingerprint density at radius 3 is 2.11 bits per heavy atom. The van der Waals surface area contributed by atoms with E-state index in [1.54, 1.807) is 0 Å². The summed E-state index contributed by atoms with van der Waals surface area (Å²) >= 11 is 0. The molecule has 0 bridgehead atoms. The SMILES string of the molecule is CC(=O)CC(=O)O.Nc1cccc(S(=O)(=O)O)c1. The molecule has 0 saturated heterocycles. The second kappa shape index (κ2) is 6.72. The summed E-state index contributed by atoms with van der Waals surface area (Å²) in [5.41, 5.74) is 5.59. The van der Waals surface area contributed by atoms with Gasteiger partial charge in [-0.3, -0.25) is 14.1 Å². The summed E-state index contributed by atoms with van der Waals surface area (Å²) in [6.45, 7) is 1.24. The number of Topliss-reactive ketones (excluding diaryl/α,β-unsaturated/α-hetero) is 1. The molecule has 7 nitrogen and oxygen atoms in total. The molecule has 1 aromatic rings. The lowest BCUT2D eigenvalue weighted by atomic mass is 10.3. The highest BCUT2D eigenvalue weighted by Crippen LogP contribution is 2.11. The summed E-state index contributed by atoms with van der Waals surface area (Å²) in [5.74, 6) is -1.37. The molecule has 0 unspecified atom stereocenters. The lowest BCUT2D eigenvalue weighted by Crippen LogP contribution is -2.00. The maximum Gasteiger partial charge on any atom is 0.310 e. The average molecular weight is 275 g/mol. The first-order valence-corrected chi connectivity index (χ1v) is 6.11. The number of carboxylic acid groups (broad SMARTS) is 1. The highest BCUT2D eigenvalue weighted by molar-refractivity contribution is 7.85. The lowest BCUT2D eigenvalue weighted by molar-refractivity contribution is -0.139. The maximum absolute atomic E-state index is 10.5. The van der Waals surface area contributed by atoms with E-state index >= 15 is 0 Å². The molecule has 4 N–H and O–H groups in total. The summed E-state index contributed by atoms with van der Waals surface area (Å²) < 4.78 is 29.5. The standard InChI is InChI=1S/C6H7NO3S.C4H6O3/c7-5-2-1-3-6(4-5)11(8,9)10;1-3(5)2-4(6)7/h1-4H,7H2,(H,8,9,10);2H2,1H3,(H,6,7). The van der Waals surface area contributed by atoms with Gasteiger partial charge in [-0.25, -0.2) is 0 Å². The van der Waals surface area contributed by atoms with Crippen LogP contribution in [-0.2, 0) is 19.7 Å². The number of carbonyl (C=O) groups excluding carboxylic acids is 1. The van der Waals surface area contributed by atoms with E-state index in [2.05, 4.69) is 0 Å². The van der Waals surface area contributed by atoms with Gasteiger partial charge in [0.15, 0.2) is 0 Å². The van der Waals surface area contributed by atoms with Crippen molar-refractivity contribution in [3.8, 4) is 0 Å². The number of nitrogen functional groups attached to an aromatic ring is 1. The van der Waals surface area contributed by atoms with E-state index in [1.807, 2.05) is 0 Å². The monoisotopic (exact) mass is 275 g/mol. The first-order valence-electron chi connectivity index (χ1n) is 4.67. The van der Waals surface area contributed by atoms with Crippen LogP contribution in [0.2, 0.25) is 0 Å². The predicted octanol–water partition coefficient (Wildman–Crippen LogP) is 0.566. The highest BCUT2D eigenvalue weighted by atomic mass is 32.2. The molecule has 0 saturated carbocycles. The van der Waals surface area contributed by atoms with Crippen LogP contribution < -0.4 is 5.73 Å². The molecule has 0 spiro atoms. The highest BCUT2D eigenvalue weighted by Gasteiger charge is 2.07. The van der Waals surface area contributed by atoms with Crippen LogP contribution >= 0.6 is 0 Å². The van der Waals surface area contributed by atoms with E-state index in [-0.39, 0.29) is 17.1 Å². The third kappa shape index (κ3) is 7.36. The Balaban J connectivity index is 0.000000360. The first kappa shape index (κ1) is 16.1. The number of ketones is 1. The Bertz CT molecular complexity index is 525. The van der Waals surface area contributed by atoms with Crippen LogP contribution in [-0.4, -0.2) is 29.8 Å². The largest absolute Gasteiger partial charge is 0.481 e. The van der Waals surface area contributed by atoms with Gasteiger partial charge in [0.1, 0.15) is 12.2 Å². The summed E-state index contributed by atoms with van der Waals surface area (Å²) in [4.78, 5) is 19.3. The smallest absolute Gasteiger partial charge is 0.310 e. The van der Waals surface area contributed by atoms with E-state index in [9.17, 15) is 18.0 Å². The van der Waals surface area contributed by atoms with Gasteiger partial charge in [-0.2, -0.15) is 8.42 Å². The van der Waals surface area contributed by atoms with Crippen molar-refractivity contribution < 1.29 is 27.7 Å². The summed E-state index contributed by atoms with van der Waals surface area (Å²) in [6.07, 6.45) is -0.361. The summed E-state index contributed by atoms with van der Waals surface area (Å²) in [5, 5.41) is 7.86. The molecule has 0 amide bonds. The molecule has 1 rings (SSSR count). The number of carbonyl (C=O) groups is 2. The Hall–Kier alpha value is -1.93. The molecule has 0 heterocycles. The van der Waals surface area contributed by atoms with Crippen molar-refractivity contribution in [2.75, 3.05) is 5.73 Å². The van der Waals surface area contributed by atoms with Crippen LogP contribution in [0.15, 0.2) is 29.2 Å². The van der Waals surface area contributed by atoms with Crippen LogP contribution in [0.1, 0.15) is 13.3 Å². The average Bonchev–Trinajstić information content (AvgIpc) is 2.14. The number of rotatable bonds is 3. The predicted molar refractivity (Wildman–Crippen MR) is 63.6 cm³/mol. The first-order chi connectivity index (χ1) is 8.12. The number of aliphatic carboxylic acids is 1. The fraction of sp³-hybridized carbons (Fsp3) is 0.200. The van der Waals surface area contributed by atoms with Crippen LogP contribution in [0.4, 0.5) is 5.69 Å². The van der Waals surface area contributed by atoms with Gasteiger partial charge >= 0.3 is 5.97 Å². The van der Waals surface area contributed by atoms with Crippen molar-refractivity contribution in [2.45, 2.75) is 18.2 Å². The molecule has 1 aromatic carbocycles. The van der Waals surface area contributed by atoms with E-state index in [0.29, 0.717) is 5.69 Å². The lowest BCUT2D eigenvalue weighted by Gasteiger charge is -1.96. The second-order valence-corrected chi connectivity index (χ2v) is 4.74. The normalized spacial score (nSPS) is 10.1. The van der Waals surface area contributed by atoms with Gasteiger partial charge in [-0.05, 0) is 25.1 Å². The zero-order chi connectivity index (χ0) is 14.3. The summed E-state index contributed by atoms with van der Waals surface area (Å²) in [7, 11) is -4.11. The van der Waals surface area contributed by atoms with Crippen LogP contribution in [0.3, 0.4) is 0 Å². The molecule has 0 aliphatic rings. The fourth-order valence-corrected chi connectivity index (χ4v) is 1.42. The summed E-state index contributed by atoms with van der Waals surface area (Å²) in [6, 6.07) is 5.45. The quantitative estimate of drug-likeness (QED) is 0.416. The minimum atomic E-state index is -4.11. The van der Waals surface area contributed by atoms with E-state index in [1.165, 1.54) is 31.2 Å². The number of benzene rings is 1. The van der Waals surface area contributed by atoms with Crippen molar-refractivity contribution in [1.29, 1.82) is 0 Å². The van der Waals surface area contributed by atoms with Gasteiger partial charge in [-0.1, -0.05) is 6.07 Å². The minimum Gasteiger partial charge on any atom is -0.481 e. The Kier molecular flexibility index (Phi) is 6.00. The number of carboxylic acids is 1. The molecule has 18 heavy (non-hydrogen) atoms. The van der Waals surface area contributed by atoms with Gasteiger partial charge in [0.05, 0.1) is 4.90 Å². The van der Waals surface area contributed by atoms with Crippen molar-refractivity contribution in [3.63, 3.8) is 0 Å². The third-order valence-electron chi connectivity index (χ3n) is 1.56. The topological polar surface area (TPSA) is 135 Å². The Labute approximate surface area is 104 Å². The zero-order valence-corrected chi connectivity index (χ0v) is 10.3. The fourth-order valence-electron chi connectivity index (χ4n) is 0.888. The van der Waals surface area contributed by atoms with Crippen LogP contribution in [0.25, 0.3) is 0 Å². The van der Waals surface area contributed by atoms with Gasteiger partial charge in [0.2, 0.25) is 0 Å². The molecule has 0 radical (unpaired) electrons. The Morgan fingerprint density at radius 2 is 1.89 bits per heavy atom. The van der Waals surface area contributed by atoms with Gasteiger partial charge in [0, 0.05) is 5.69 Å². The molecule has 100 valence electrons. The molecule has 8 heteroatoms. The molecule has 0 aliphatic heterocycles. The van der Waals surface area contributed by atoms with E-state index < -0.39 is 16.1 Å². The maximum atomic E-state index is 10.5. The van der Waals surface area contributed by atoms with Gasteiger partial charge in [0.25, 0.3) is 10.1 Å².